The average molecular weight is 489 g/mol. The first-order chi connectivity index (χ1) is 16.0. The molecule has 2 aliphatic rings. The molecular formula is C24H26Cl2N4O3. The summed E-state index contributed by atoms with van der Waals surface area (Å²) >= 11 is 12.8. The van der Waals surface area contributed by atoms with Gasteiger partial charge in [-0.3, -0.25) is 9.59 Å². The van der Waals surface area contributed by atoms with Crippen molar-refractivity contribution in [3.8, 4) is 0 Å². The molecule has 2 aromatic rings. The summed E-state index contributed by atoms with van der Waals surface area (Å²) in [4.78, 5) is 29.1. The molecule has 33 heavy (non-hydrogen) atoms. The summed E-state index contributed by atoms with van der Waals surface area (Å²) in [5.41, 5.74) is 1.74. The lowest BCUT2D eigenvalue weighted by Crippen LogP contribution is -2.54. The molecule has 9 heteroatoms. The van der Waals surface area contributed by atoms with Gasteiger partial charge in [0.15, 0.2) is 0 Å². The first-order valence-corrected chi connectivity index (χ1v) is 11.9. The molecule has 0 bridgehead atoms. The first kappa shape index (κ1) is 23.5. The van der Waals surface area contributed by atoms with Crippen LogP contribution in [0.5, 0.6) is 0 Å². The number of nitrogens with zero attached hydrogens (tertiary/aromatic N) is 3. The zero-order chi connectivity index (χ0) is 23.5. The maximum atomic E-state index is 14.0. The smallest absolute Gasteiger partial charge is 0.315 e. The second kappa shape index (κ2) is 10.1. The topological polar surface area (TPSA) is 97.4 Å². The van der Waals surface area contributed by atoms with Gasteiger partial charge in [-0.1, -0.05) is 65.5 Å². The molecule has 174 valence electrons. The van der Waals surface area contributed by atoms with Crippen LogP contribution in [0.4, 0.5) is 0 Å². The minimum Gasteiger partial charge on any atom is -0.465 e. The molecule has 1 saturated carbocycles. The zero-order valence-electron chi connectivity index (χ0n) is 18.3. The molecule has 0 spiro atoms. The van der Waals surface area contributed by atoms with E-state index in [9.17, 15) is 9.59 Å². The van der Waals surface area contributed by atoms with Crippen LogP contribution < -0.4 is 5.84 Å². The van der Waals surface area contributed by atoms with Gasteiger partial charge in [-0.05, 0) is 49.1 Å². The number of rotatable bonds is 5. The van der Waals surface area contributed by atoms with E-state index in [4.69, 9.17) is 33.8 Å². The second-order valence-corrected chi connectivity index (χ2v) is 9.13. The van der Waals surface area contributed by atoms with E-state index in [0.717, 1.165) is 25.7 Å². The summed E-state index contributed by atoms with van der Waals surface area (Å²) in [5, 5.41) is 8.63. The highest BCUT2D eigenvalue weighted by atomic mass is 35.5. The van der Waals surface area contributed by atoms with Crippen molar-refractivity contribution in [3.63, 3.8) is 0 Å². The van der Waals surface area contributed by atoms with Crippen molar-refractivity contribution >= 4 is 35.1 Å². The third-order valence-electron chi connectivity index (χ3n) is 6.46. The van der Waals surface area contributed by atoms with Crippen molar-refractivity contribution in [1.29, 1.82) is 0 Å². The summed E-state index contributed by atoms with van der Waals surface area (Å²) < 4.78 is 5.49. The SMILES string of the molecule is CCOC(=O)[C@@H]1c2ccccc2C(=O)N([C@H]2CCCC[C@@H]2N=NN)[C@H]1c1ccc(Cl)cc1Cl. The Labute approximate surface area is 202 Å². The van der Waals surface area contributed by atoms with Crippen LogP contribution in [0.3, 0.4) is 0 Å². The van der Waals surface area contributed by atoms with Crippen LogP contribution in [-0.4, -0.2) is 35.5 Å². The fraction of sp³-hybridized carbons (Fsp3) is 0.417. The highest BCUT2D eigenvalue weighted by Gasteiger charge is 2.49. The molecule has 1 aliphatic heterocycles. The predicted molar refractivity (Wildman–Crippen MR) is 126 cm³/mol. The average Bonchev–Trinajstić information content (AvgIpc) is 2.80. The van der Waals surface area contributed by atoms with Crippen LogP contribution in [0, 0.1) is 0 Å². The quantitative estimate of drug-likeness (QED) is 0.261. The van der Waals surface area contributed by atoms with Crippen LogP contribution >= 0.6 is 23.2 Å². The largest absolute Gasteiger partial charge is 0.465 e. The number of carbonyl (C=O) groups excluding carboxylic acids is 2. The molecule has 1 heterocycles. The number of amides is 1. The maximum absolute atomic E-state index is 14.0. The Bertz CT molecular complexity index is 1080. The molecule has 2 N–H and O–H groups in total. The normalized spacial score (nSPS) is 25.2. The van der Waals surface area contributed by atoms with Crippen molar-refractivity contribution in [1.82, 2.24) is 4.90 Å². The van der Waals surface area contributed by atoms with E-state index in [2.05, 4.69) is 10.3 Å². The maximum Gasteiger partial charge on any atom is 0.315 e. The van der Waals surface area contributed by atoms with E-state index in [0.29, 0.717) is 26.7 Å². The number of fused-ring (bicyclic) bond motifs is 1. The first-order valence-electron chi connectivity index (χ1n) is 11.1. The number of halogens is 2. The summed E-state index contributed by atoms with van der Waals surface area (Å²) in [6, 6.07) is 11.0. The lowest BCUT2D eigenvalue weighted by atomic mass is 9.77. The number of benzene rings is 2. The van der Waals surface area contributed by atoms with Crippen molar-refractivity contribution in [2.75, 3.05) is 6.61 Å². The van der Waals surface area contributed by atoms with Gasteiger partial charge >= 0.3 is 5.97 Å². The lowest BCUT2D eigenvalue weighted by molar-refractivity contribution is -0.147. The Hall–Kier alpha value is -2.64. The molecule has 1 fully saturated rings. The molecule has 0 saturated heterocycles. The van der Waals surface area contributed by atoms with E-state index in [1.165, 1.54) is 0 Å². The Kier molecular flexibility index (Phi) is 7.20. The van der Waals surface area contributed by atoms with Gasteiger partial charge in [-0.2, -0.15) is 5.11 Å². The Balaban J connectivity index is 1.95. The van der Waals surface area contributed by atoms with E-state index in [1.54, 1.807) is 48.2 Å². The highest BCUT2D eigenvalue weighted by Crippen LogP contribution is 2.48. The van der Waals surface area contributed by atoms with E-state index in [-0.39, 0.29) is 24.6 Å². The fourth-order valence-corrected chi connectivity index (χ4v) is 5.63. The molecule has 7 nitrogen and oxygen atoms in total. The zero-order valence-corrected chi connectivity index (χ0v) is 19.8. The van der Waals surface area contributed by atoms with E-state index in [1.807, 2.05) is 6.07 Å². The second-order valence-electron chi connectivity index (χ2n) is 8.29. The fourth-order valence-electron chi connectivity index (χ4n) is 5.11. The van der Waals surface area contributed by atoms with Gasteiger partial charge in [-0.15, -0.1) is 0 Å². The molecule has 0 radical (unpaired) electrons. The van der Waals surface area contributed by atoms with Crippen molar-refractivity contribution in [3.05, 3.63) is 69.2 Å². The Morgan fingerprint density at radius 1 is 1.15 bits per heavy atom. The molecular weight excluding hydrogens is 463 g/mol. The minimum absolute atomic E-state index is 0.175. The van der Waals surface area contributed by atoms with Crippen molar-refractivity contribution in [2.24, 2.45) is 16.2 Å². The molecule has 1 amide bonds. The van der Waals surface area contributed by atoms with Crippen LogP contribution in [-0.2, 0) is 9.53 Å². The number of ether oxygens (including phenoxy) is 1. The standard InChI is InChI=1S/C24H26Cl2N4O3/c1-2-33-24(32)21-15-7-3-4-8-16(15)23(31)30(20-10-6-5-9-19(20)28-29-27)22(21)17-12-11-14(25)13-18(17)26/h3-4,7-8,11-13,19-22H,2,5-6,9-10H2,1H3,(H2,27,28)/t19-,20-,21+,22-/m0/s1. The number of hydrogen-bond acceptors (Lipinski definition) is 5. The van der Waals surface area contributed by atoms with Gasteiger partial charge in [0, 0.05) is 15.6 Å². The number of hydrogen-bond donors (Lipinski definition) is 1. The molecule has 2 aromatic carbocycles. The van der Waals surface area contributed by atoms with Crippen LogP contribution in [0.2, 0.25) is 10.0 Å². The molecule has 4 atom stereocenters. The molecule has 0 unspecified atom stereocenters. The van der Waals surface area contributed by atoms with Crippen LogP contribution in [0.1, 0.15) is 66.1 Å². The summed E-state index contributed by atoms with van der Waals surface area (Å²) in [6.07, 6.45) is 3.36. The number of esters is 1. The minimum atomic E-state index is -0.755. The monoisotopic (exact) mass is 488 g/mol. The number of nitrogens with two attached hydrogens (primary N) is 1. The van der Waals surface area contributed by atoms with Gasteiger partial charge in [0.1, 0.15) is 5.92 Å². The highest BCUT2D eigenvalue weighted by molar-refractivity contribution is 6.35. The molecule has 1 aliphatic carbocycles. The third kappa shape index (κ3) is 4.44. The van der Waals surface area contributed by atoms with Crippen LogP contribution in [0.25, 0.3) is 0 Å². The molecule has 4 rings (SSSR count). The van der Waals surface area contributed by atoms with Gasteiger partial charge < -0.3 is 15.5 Å². The number of carbonyl (C=O) groups is 2. The summed E-state index contributed by atoms with van der Waals surface area (Å²) in [7, 11) is 0. The van der Waals surface area contributed by atoms with Gasteiger partial charge in [0.25, 0.3) is 5.91 Å². The van der Waals surface area contributed by atoms with Gasteiger partial charge in [0.05, 0.1) is 24.7 Å². The summed E-state index contributed by atoms with van der Waals surface area (Å²) in [5.74, 6) is 4.07. The van der Waals surface area contributed by atoms with Crippen LogP contribution in [0.15, 0.2) is 52.8 Å². The van der Waals surface area contributed by atoms with Crippen molar-refractivity contribution < 1.29 is 14.3 Å². The van der Waals surface area contributed by atoms with Gasteiger partial charge in [0.2, 0.25) is 0 Å². The van der Waals surface area contributed by atoms with E-state index < -0.39 is 17.9 Å². The molecule has 0 aromatic heterocycles. The summed E-state index contributed by atoms with van der Waals surface area (Å²) in [6.45, 7) is 1.98. The third-order valence-corrected chi connectivity index (χ3v) is 7.03. The Morgan fingerprint density at radius 3 is 2.64 bits per heavy atom. The Morgan fingerprint density at radius 2 is 1.91 bits per heavy atom. The van der Waals surface area contributed by atoms with Crippen molar-refractivity contribution in [2.45, 2.75) is 56.7 Å². The van der Waals surface area contributed by atoms with Gasteiger partial charge in [-0.25, -0.2) is 0 Å². The lowest BCUT2D eigenvalue weighted by Gasteiger charge is -2.47. The predicted octanol–water partition coefficient (Wildman–Crippen LogP) is 5.47. The van der Waals surface area contributed by atoms with E-state index >= 15 is 0 Å².